The van der Waals surface area contributed by atoms with Gasteiger partial charge >= 0.3 is 6.09 Å². The molecule has 1 N–H and O–H groups in total. The number of carbonyl (C=O) groups excluding carboxylic acids is 1. The molecule has 0 aliphatic heterocycles. The molecule has 1 aromatic heterocycles. The summed E-state index contributed by atoms with van der Waals surface area (Å²) < 4.78 is 5.27. The van der Waals surface area contributed by atoms with Crippen LogP contribution in [0.25, 0.3) is 10.4 Å². The van der Waals surface area contributed by atoms with Crippen LogP contribution in [0.5, 0.6) is 0 Å². The van der Waals surface area contributed by atoms with Crippen molar-refractivity contribution >= 4 is 30.9 Å². The Morgan fingerprint density at radius 3 is 2.35 bits per heavy atom. The van der Waals surface area contributed by atoms with Crippen LogP contribution in [0.15, 0.2) is 29.8 Å². The van der Waals surface area contributed by atoms with Gasteiger partial charge in [-0.3, -0.25) is 0 Å². The van der Waals surface area contributed by atoms with Crippen molar-refractivity contribution < 1.29 is 9.53 Å². The third-order valence-corrected chi connectivity index (χ3v) is 4.13. The summed E-state index contributed by atoms with van der Waals surface area (Å²) in [5.74, 6) is 0. The minimum atomic E-state index is -0.489. The van der Waals surface area contributed by atoms with E-state index in [1.807, 2.05) is 52.3 Å². The molecule has 0 fully saturated rings. The second-order valence-corrected chi connectivity index (χ2v) is 7.11. The lowest BCUT2D eigenvalue weighted by molar-refractivity contribution is 0.0508. The lowest BCUT2D eigenvalue weighted by atomic mass is 10.1. The number of alkyl carbamates (subject to hydrolysis) is 1. The van der Waals surface area contributed by atoms with E-state index in [1.54, 1.807) is 11.3 Å². The highest BCUT2D eigenvalue weighted by Gasteiger charge is 2.18. The van der Waals surface area contributed by atoms with Crippen LogP contribution >= 0.6 is 24.8 Å². The molecule has 0 aliphatic rings. The number of aromatic nitrogens is 1. The number of thiazole rings is 1. The van der Waals surface area contributed by atoms with Gasteiger partial charge in [0.25, 0.3) is 0 Å². The molecule has 0 saturated carbocycles. The number of amides is 1. The zero-order valence-electron chi connectivity index (χ0n) is 14.1. The number of nitrogens with zero attached hydrogens (tertiary/aromatic N) is 1. The van der Waals surface area contributed by atoms with E-state index in [9.17, 15) is 4.79 Å². The number of aryl methyl sites for hydroxylation is 1. The first-order valence-electron chi connectivity index (χ1n) is 7.26. The van der Waals surface area contributed by atoms with Crippen LogP contribution < -0.4 is 5.32 Å². The van der Waals surface area contributed by atoms with Crippen molar-refractivity contribution in [2.45, 2.75) is 46.3 Å². The second-order valence-electron chi connectivity index (χ2n) is 6.26. The highest BCUT2D eigenvalue weighted by atomic mass is 32.1. The van der Waals surface area contributed by atoms with Gasteiger partial charge in [0.2, 0.25) is 0 Å². The van der Waals surface area contributed by atoms with Gasteiger partial charge in [0.1, 0.15) is 5.60 Å². The normalized spacial score (nSPS) is 12.2. The van der Waals surface area contributed by atoms with Gasteiger partial charge in [-0.15, -0.1) is 11.3 Å². The maximum Gasteiger partial charge on any atom is 0.408 e. The predicted octanol–water partition coefficient (Wildman–Crippen LogP) is 4.82. The van der Waals surface area contributed by atoms with Gasteiger partial charge in [0.05, 0.1) is 22.1 Å². The summed E-state index contributed by atoms with van der Waals surface area (Å²) in [4.78, 5) is 17.2. The number of benzene rings is 1. The maximum absolute atomic E-state index is 11.8. The van der Waals surface area contributed by atoms with Crippen LogP contribution in [0.1, 0.15) is 45.0 Å². The summed E-state index contributed by atoms with van der Waals surface area (Å²) in [5.41, 5.74) is 4.59. The maximum atomic E-state index is 11.8. The largest absolute Gasteiger partial charge is 0.444 e. The average Bonchev–Trinajstić information content (AvgIpc) is 2.83. The summed E-state index contributed by atoms with van der Waals surface area (Å²) >= 11 is 1.63. The fourth-order valence-electron chi connectivity index (χ4n) is 2.07. The molecule has 0 bridgehead atoms. The van der Waals surface area contributed by atoms with Crippen molar-refractivity contribution in [1.29, 1.82) is 0 Å². The van der Waals surface area contributed by atoms with E-state index in [1.165, 1.54) is 4.88 Å². The predicted molar refractivity (Wildman–Crippen MR) is 100 cm³/mol. The van der Waals surface area contributed by atoms with Crippen molar-refractivity contribution in [1.82, 2.24) is 10.3 Å². The zero-order valence-corrected chi connectivity index (χ0v) is 16.0. The highest BCUT2D eigenvalue weighted by Crippen LogP contribution is 2.28. The molecule has 2 rings (SSSR count). The second kappa shape index (κ2) is 7.84. The number of carbonyl (C=O) groups is 1. The van der Waals surface area contributed by atoms with E-state index >= 15 is 0 Å². The van der Waals surface area contributed by atoms with Gasteiger partial charge in [0.15, 0.2) is 0 Å². The Bertz CT molecular complexity index is 645. The molecule has 0 saturated heterocycles. The topological polar surface area (TPSA) is 51.2 Å². The SMILES string of the molecule is Cc1ncsc1-c1ccc([C@H](C)NC(=O)OC(C)(C)C)cc1.S. The molecular formula is C17H24N2O2S2. The number of rotatable bonds is 3. The van der Waals surface area contributed by atoms with Crippen molar-refractivity contribution in [3.8, 4) is 10.4 Å². The first-order chi connectivity index (χ1) is 10.3. The van der Waals surface area contributed by atoms with Crippen molar-refractivity contribution in [2.75, 3.05) is 0 Å². The molecule has 6 heteroatoms. The Kier molecular flexibility index (Phi) is 6.65. The number of nitrogens with one attached hydrogen (secondary N) is 1. The summed E-state index contributed by atoms with van der Waals surface area (Å²) in [7, 11) is 0. The Hall–Kier alpha value is -1.53. The van der Waals surface area contributed by atoms with Gasteiger partial charge in [0, 0.05) is 0 Å². The smallest absolute Gasteiger partial charge is 0.408 e. The fraction of sp³-hybridized carbons (Fsp3) is 0.412. The van der Waals surface area contributed by atoms with E-state index in [4.69, 9.17) is 4.74 Å². The first-order valence-corrected chi connectivity index (χ1v) is 8.14. The first kappa shape index (κ1) is 19.5. The summed E-state index contributed by atoms with van der Waals surface area (Å²) in [6, 6.07) is 8.06. The van der Waals surface area contributed by atoms with Gasteiger partial charge in [-0.25, -0.2) is 9.78 Å². The van der Waals surface area contributed by atoms with Crippen LogP contribution in [-0.2, 0) is 4.74 Å². The molecule has 126 valence electrons. The Balaban J connectivity index is 0.00000264. The van der Waals surface area contributed by atoms with Gasteiger partial charge in [-0.05, 0) is 45.7 Å². The van der Waals surface area contributed by atoms with Crippen LogP contribution in [0.2, 0.25) is 0 Å². The molecule has 0 spiro atoms. The Morgan fingerprint density at radius 1 is 1.26 bits per heavy atom. The van der Waals surface area contributed by atoms with Crippen molar-refractivity contribution in [3.63, 3.8) is 0 Å². The van der Waals surface area contributed by atoms with Crippen LogP contribution in [0.4, 0.5) is 4.79 Å². The standard InChI is InChI=1S/C17H22N2O2S.H2S/c1-11(19-16(20)21-17(3,4)5)13-6-8-14(9-7-13)15-12(2)18-10-22-15;/h6-11H,1-5H3,(H,19,20);1H2/t11-;/m0./s1. The van der Waals surface area contributed by atoms with Crippen molar-refractivity contribution in [2.24, 2.45) is 0 Å². The molecule has 2 aromatic rings. The fourth-order valence-corrected chi connectivity index (χ4v) is 2.88. The highest BCUT2D eigenvalue weighted by molar-refractivity contribution is 7.59. The molecule has 1 amide bonds. The van der Waals surface area contributed by atoms with Gasteiger partial charge in [-0.1, -0.05) is 24.3 Å². The summed E-state index contributed by atoms with van der Waals surface area (Å²) in [6.45, 7) is 9.50. The number of hydrogen-bond donors (Lipinski definition) is 1. The lowest BCUT2D eigenvalue weighted by Crippen LogP contribution is -2.34. The Morgan fingerprint density at radius 2 is 1.87 bits per heavy atom. The van der Waals surface area contributed by atoms with E-state index in [2.05, 4.69) is 22.4 Å². The van der Waals surface area contributed by atoms with E-state index in [0.717, 1.165) is 16.8 Å². The molecule has 4 nitrogen and oxygen atoms in total. The average molecular weight is 353 g/mol. The van der Waals surface area contributed by atoms with Crippen LogP contribution in [0.3, 0.4) is 0 Å². The minimum Gasteiger partial charge on any atom is -0.444 e. The van der Waals surface area contributed by atoms with Crippen LogP contribution in [0, 0.1) is 6.92 Å². The lowest BCUT2D eigenvalue weighted by Gasteiger charge is -2.22. The van der Waals surface area contributed by atoms with Crippen molar-refractivity contribution in [3.05, 3.63) is 41.0 Å². The number of ether oxygens (including phenoxy) is 1. The monoisotopic (exact) mass is 352 g/mol. The quantitative estimate of drug-likeness (QED) is 0.862. The molecule has 1 aromatic carbocycles. The molecular weight excluding hydrogens is 328 g/mol. The zero-order chi connectivity index (χ0) is 16.3. The molecule has 1 heterocycles. The molecule has 0 aliphatic carbocycles. The Labute approximate surface area is 148 Å². The third-order valence-electron chi connectivity index (χ3n) is 3.15. The minimum absolute atomic E-state index is 0. The van der Waals surface area contributed by atoms with E-state index in [0.29, 0.717) is 0 Å². The number of hydrogen-bond acceptors (Lipinski definition) is 4. The third kappa shape index (κ3) is 5.55. The van der Waals surface area contributed by atoms with Gasteiger partial charge in [-0.2, -0.15) is 13.5 Å². The van der Waals surface area contributed by atoms with E-state index in [-0.39, 0.29) is 19.5 Å². The molecule has 0 radical (unpaired) electrons. The van der Waals surface area contributed by atoms with E-state index < -0.39 is 11.7 Å². The summed E-state index contributed by atoms with van der Waals surface area (Å²) in [6.07, 6.45) is -0.401. The van der Waals surface area contributed by atoms with Gasteiger partial charge < -0.3 is 10.1 Å². The van der Waals surface area contributed by atoms with Crippen LogP contribution in [-0.4, -0.2) is 16.7 Å². The molecule has 0 unspecified atom stereocenters. The molecule has 23 heavy (non-hydrogen) atoms. The molecule has 1 atom stereocenters. The summed E-state index contributed by atoms with van der Waals surface area (Å²) in [5, 5.41) is 2.85.